The Bertz CT molecular complexity index is 1850. The van der Waals surface area contributed by atoms with Crippen LogP contribution in [-0.2, 0) is 28.3 Å². The average molecular weight is 827 g/mol. The number of nitrogens with zero attached hydrogens (tertiary/aromatic N) is 6. The van der Waals surface area contributed by atoms with Crippen LogP contribution in [-0.4, -0.2) is 82.9 Å². The van der Waals surface area contributed by atoms with E-state index < -0.39 is 21.6 Å². The predicted molar refractivity (Wildman–Crippen MR) is 234 cm³/mol. The number of aromatic nitrogens is 4. The van der Waals surface area contributed by atoms with Gasteiger partial charge in [-0.1, -0.05) is 142 Å². The summed E-state index contributed by atoms with van der Waals surface area (Å²) in [6.07, 6.45) is 27.1. The quantitative estimate of drug-likeness (QED) is 0.0629. The molecular weight excluding hydrogens is 753 g/mol. The topological polar surface area (TPSA) is 129 Å². The molecule has 13 heteroatoms. The number of carbonyl (C=O) groups is 1. The number of hydrogen-bond donors (Lipinski definition) is 0. The molecule has 1 aromatic carbocycles. The summed E-state index contributed by atoms with van der Waals surface area (Å²) >= 11 is 0. The minimum absolute atomic E-state index is 0.00132. The summed E-state index contributed by atoms with van der Waals surface area (Å²) in [7, 11) is -0.235. The SMILES string of the molecule is CCCCCCCCCCCCCCCCCCCCCCC(=O)On1c(-c2cc(S(=O)(=O)N3CCN(C)CC3)ccc2OCC)nc(=O)c2c1c(CCC)nn2C. The number of hydrogen-bond acceptors (Lipinski definition) is 9. The second-order valence-corrected chi connectivity index (χ2v) is 18.2. The lowest BCUT2D eigenvalue weighted by atomic mass is 10.0. The van der Waals surface area contributed by atoms with Crippen LogP contribution in [0.1, 0.15) is 168 Å². The second-order valence-electron chi connectivity index (χ2n) is 16.3. The van der Waals surface area contributed by atoms with Crippen molar-refractivity contribution in [1.29, 1.82) is 0 Å². The molecule has 0 bridgehead atoms. The van der Waals surface area contributed by atoms with Crippen LogP contribution < -0.4 is 15.1 Å². The van der Waals surface area contributed by atoms with E-state index >= 15 is 0 Å². The Kier molecular flexibility index (Phi) is 20.7. The molecule has 1 saturated heterocycles. The van der Waals surface area contributed by atoms with Crippen molar-refractivity contribution in [2.75, 3.05) is 39.8 Å². The molecule has 58 heavy (non-hydrogen) atoms. The van der Waals surface area contributed by atoms with Gasteiger partial charge in [-0.25, -0.2) is 13.2 Å². The molecule has 0 atom stereocenters. The largest absolute Gasteiger partial charge is 0.493 e. The van der Waals surface area contributed by atoms with Crippen molar-refractivity contribution in [2.24, 2.45) is 7.05 Å². The molecule has 0 aliphatic carbocycles. The highest BCUT2D eigenvalue weighted by Gasteiger charge is 2.30. The second kappa shape index (κ2) is 25.4. The van der Waals surface area contributed by atoms with Crippen LogP contribution in [0, 0.1) is 0 Å². The number of sulfonamides is 1. The van der Waals surface area contributed by atoms with E-state index in [1.54, 1.807) is 13.1 Å². The zero-order valence-electron chi connectivity index (χ0n) is 36.6. The third-order valence-corrected chi connectivity index (χ3v) is 13.3. The molecule has 0 saturated carbocycles. The highest BCUT2D eigenvalue weighted by atomic mass is 32.2. The Labute approximate surface area is 349 Å². The number of likely N-dealkylation sites (N-methyl/N-ethyl adjacent to an activating group) is 1. The number of benzene rings is 1. The first-order valence-corrected chi connectivity index (χ1v) is 24.2. The minimum atomic E-state index is -3.87. The summed E-state index contributed by atoms with van der Waals surface area (Å²) in [5.41, 5.74) is 0.836. The summed E-state index contributed by atoms with van der Waals surface area (Å²) < 4.78 is 37.9. The third kappa shape index (κ3) is 14.2. The van der Waals surface area contributed by atoms with Crippen molar-refractivity contribution in [3.8, 4) is 17.1 Å². The summed E-state index contributed by atoms with van der Waals surface area (Å²) in [5, 5.41) is 4.61. The van der Waals surface area contributed by atoms with Crippen LogP contribution in [0.2, 0.25) is 0 Å². The molecule has 0 unspecified atom stereocenters. The van der Waals surface area contributed by atoms with Crippen LogP contribution >= 0.6 is 0 Å². The number of rotatable bonds is 29. The molecule has 3 heterocycles. The van der Waals surface area contributed by atoms with Gasteiger partial charge in [0.2, 0.25) is 10.0 Å². The highest BCUT2D eigenvalue weighted by molar-refractivity contribution is 7.89. The fourth-order valence-corrected chi connectivity index (χ4v) is 9.41. The Morgan fingerprint density at radius 2 is 1.24 bits per heavy atom. The van der Waals surface area contributed by atoms with Gasteiger partial charge in [0.15, 0.2) is 11.3 Å². The highest BCUT2D eigenvalue weighted by Crippen LogP contribution is 2.34. The van der Waals surface area contributed by atoms with Gasteiger partial charge >= 0.3 is 5.97 Å². The van der Waals surface area contributed by atoms with E-state index in [2.05, 4.69) is 21.9 Å². The average Bonchev–Trinajstić information content (AvgIpc) is 3.54. The van der Waals surface area contributed by atoms with Crippen molar-refractivity contribution in [3.05, 3.63) is 34.2 Å². The summed E-state index contributed by atoms with van der Waals surface area (Å²) in [5.74, 6) is -0.134. The summed E-state index contributed by atoms with van der Waals surface area (Å²) in [6.45, 7) is 8.37. The molecule has 0 amide bonds. The van der Waals surface area contributed by atoms with Crippen LogP contribution in [0.25, 0.3) is 22.4 Å². The van der Waals surface area contributed by atoms with Gasteiger partial charge in [-0.3, -0.25) is 9.48 Å². The predicted octanol–water partition coefficient (Wildman–Crippen LogP) is 9.25. The first kappa shape index (κ1) is 47.4. The van der Waals surface area contributed by atoms with Gasteiger partial charge in [-0.2, -0.15) is 19.1 Å². The van der Waals surface area contributed by atoms with Crippen LogP contribution in [0.4, 0.5) is 0 Å². The number of ether oxygens (including phenoxy) is 1. The maximum Gasteiger partial charge on any atom is 0.333 e. The van der Waals surface area contributed by atoms with Crippen LogP contribution in [0.5, 0.6) is 5.75 Å². The monoisotopic (exact) mass is 827 g/mol. The van der Waals surface area contributed by atoms with Crippen molar-refractivity contribution < 1.29 is 22.8 Å². The van der Waals surface area contributed by atoms with Gasteiger partial charge in [0.1, 0.15) is 11.3 Å². The van der Waals surface area contributed by atoms with Crippen molar-refractivity contribution in [2.45, 2.75) is 173 Å². The van der Waals surface area contributed by atoms with Gasteiger partial charge in [0.05, 0.1) is 22.8 Å². The molecule has 0 N–H and O–H groups in total. The van der Waals surface area contributed by atoms with Gasteiger partial charge in [0, 0.05) is 39.6 Å². The molecule has 1 aliphatic heterocycles. The lowest BCUT2D eigenvalue weighted by molar-refractivity contribution is -0.143. The molecule has 3 aromatic rings. The van der Waals surface area contributed by atoms with E-state index in [9.17, 15) is 18.0 Å². The van der Waals surface area contributed by atoms with Crippen LogP contribution in [0.3, 0.4) is 0 Å². The Morgan fingerprint density at radius 3 is 1.76 bits per heavy atom. The molecule has 1 aliphatic rings. The summed E-state index contributed by atoms with van der Waals surface area (Å²) in [4.78, 5) is 39.8. The first-order chi connectivity index (χ1) is 28.1. The van der Waals surface area contributed by atoms with Crippen molar-refractivity contribution in [3.63, 3.8) is 0 Å². The lowest BCUT2D eigenvalue weighted by Crippen LogP contribution is -2.47. The van der Waals surface area contributed by atoms with E-state index in [1.165, 1.54) is 129 Å². The molecule has 2 aromatic heterocycles. The normalized spacial score (nSPS) is 14.1. The van der Waals surface area contributed by atoms with E-state index in [1.807, 2.05) is 20.9 Å². The fourth-order valence-electron chi connectivity index (χ4n) is 7.96. The van der Waals surface area contributed by atoms with E-state index in [-0.39, 0.29) is 34.8 Å². The number of piperazine rings is 1. The van der Waals surface area contributed by atoms with Crippen LogP contribution in [0.15, 0.2) is 27.9 Å². The maximum absolute atomic E-state index is 13.9. The molecular formula is C45H74N6O6S. The third-order valence-electron chi connectivity index (χ3n) is 11.4. The number of unbranched alkanes of at least 4 members (excludes halogenated alkanes) is 19. The summed E-state index contributed by atoms with van der Waals surface area (Å²) in [6, 6.07) is 4.58. The van der Waals surface area contributed by atoms with Gasteiger partial charge in [-0.15, -0.1) is 0 Å². The molecule has 4 rings (SSSR count). The maximum atomic E-state index is 13.9. The number of aryl methyl sites for hydroxylation is 2. The lowest BCUT2D eigenvalue weighted by Gasteiger charge is -2.31. The molecule has 1 fully saturated rings. The van der Waals surface area contributed by atoms with Gasteiger partial charge in [-0.05, 0) is 45.0 Å². The zero-order valence-corrected chi connectivity index (χ0v) is 37.4. The standard InChI is InChI=1S/C45H74N6O6S/c1-6-9-10-11-12-13-14-15-16-17-18-19-20-21-22-23-24-25-26-27-29-41(52)57-51-42-39(28-7-2)47-49(5)43(42)45(53)46-44(51)38-36-37(30-31-40(38)56-8-3)58(54,55)50-34-32-48(4)33-35-50/h30-31,36H,6-29,32-35H2,1-5H3. The molecule has 0 radical (unpaired) electrons. The molecule has 0 spiro atoms. The molecule has 326 valence electrons. The Hall–Kier alpha value is -3.29. The van der Waals surface area contributed by atoms with E-state index in [4.69, 9.17) is 9.57 Å². The smallest absolute Gasteiger partial charge is 0.333 e. The van der Waals surface area contributed by atoms with Gasteiger partial charge in [0.25, 0.3) is 5.56 Å². The van der Waals surface area contributed by atoms with E-state index in [0.29, 0.717) is 56.0 Å². The van der Waals surface area contributed by atoms with Gasteiger partial charge < -0.3 is 14.5 Å². The zero-order chi connectivity index (χ0) is 41.8. The Balaban J connectivity index is 1.32. The molecule has 12 nitrogen and oxygen atoms in total. The Morgan fingerprint density at radius 1 is 0.707 bits per heavy atom. The minimum Gasteiger partial charge on any atom is -0.493 e. The fraction of sp³-hybridized carbons (Fsp3) is 0.733. The number of fused-ring (bicyclic) bond motifs is 1. The van der Waals surface area contributed by atoms with Crippen molar-refractivity contribution in [1.82, 2.24) is 28.7 Å². The van der Waals surface area contributed by atoms with E-state index in [0.717, 1.165) is 25.7 Å². The first-order valence-electron chi connectivity index (χ1n) is 22.8. The number of carbonyl (C=O) groups excluding carboxylic acids is 1. The van der Waals surface area contributed by atoms with Crippen molar-refractivity contribution >= 4 is 27.0 Å².